The molecule has 1 aliphatic heterocycles. The number of amides is 2. The fraction of sp³-hybridized carbons (Fsp3) is 0.261. The number of urea groups is 1. The highest BCUT2D eigenvalue weighted by Gasteiger charge is 2.33. The molecule has 5 heteroatoms. The molecule has 0 aliphatic carbocycles. The Bertz CT molecular complexity index is 1020. The first kappa shape index (κ1) is 18.6. The minimum absolute atomic E-state index is 0.0399. The first-order chi connectivity index (χ1) is 13.5. The highest BCUT2D eigenvalue weighted by molar-refractivity contribution is 6.31. The Balaban J connectivity index is 1.77. The molecule has 0 saturated carbocycles. The van der Waals surface area contributed by atoms with Gasteiger partial charge in [-0.15, -0.1) is 0 Å². The molecule has 1 aromatic heterocycles. The van der Waals surface area contributed by atoms with Crippen molar-refractivity contribution < 1.29 is 4.79 Å². The number of anilines is 1. The molecule has 0 fully saturated rings. The van der Waals surface area contributed by atoms with Crippen LogP contribution in [0.4, 0.5) is 10.5 Å². The maximum absolute atomic E-state index is 13.4. The van der Waals surface area contributed by atoms with Gasteiger partial charge in [0.15, 0.2) is 0 Å². The van der Waals surface area contributed by atoms with Gasteiger partial charge in [0.1, 0.15) is 0 Å². The van der Waals surface area contributed by atoms with Gasteiger partial charge in [0.05, 0.1) is 18.3 Å². The molecule has 0 unspecified atom stereocenters. The van der Waals surface area contributed by atoms with Crippen molar-refractivity contribution in [1.29, 1.82) is 0 Å². The molecule has 4 rings (SSSR count). The molecule has 0 bridgehead atoms. The summed E-state index contributed by atoms with van der Waals surface area (Å²) in [6.07, 6.45) is 2.08. The lowest BCUT2D eigenvalue weighted by atomic mass is 9.99. The standard InChI is InChI=1S/C23H24ClN3O/c1-15(2)22-21-9-6-12-26(21)20-8-5-4-7-17(20)14-27(22)23(28)25-19-13-18(24)11-10-16(19)3/h4-13,15,22H,14H2,1-3H3,(H,25,28)/t22-/m1/s1. The number of fused-ring (bicyclic) bond motifs is 3. The van der Waals surface area contributed by atoms with Crippen molar-refractivity contribution in [3.8, 4) is 5.69 Å². The summed E-state index contributed by atoms with van der Waals surface area (Å²) < 4.78 is 2.21. The molecular formula is C23H24ClN3O. The highest BCUT2D eigenvalue weighted by atomic mass is 35.5. The normalized spacial score (nSPS) is 15.8. The van der Waals surface area contributed by atoms with Crippen LogP contribution in [0, 0.1) is 12.8 Å². The number of halogens is 1. The number of carbonyl (C=O) groups is 1. The van der Waals surface area contributed by atoms with Crippen molar-refractivity contribution in [3.63, 3.8) is 0 Å². The first-order valence-electron chi connectivity index (χ1n) is 9.55. The van der Waals surface area contributed by atoms with E-state index in [1.807, 2.05) is 42.2 Å². The van der Waals surface area contributed by atoms with Crippen LogP contribution in [0.1, 0.15) is 36.7 Å². The maximum Gasteiger partial charge on any atom is 0.322 e. The Labute approximate surface area is 170 Å². The van der Waals surface area contributed by atoms with Crippen molar-refractivity contribution in [1.82, 2.24) is 9.47 Å². The van der Waals surface area contributed by atoms with E-state index in [1.54, 1.807) is 6.07 Å². The fourth-order valence-corrected chi connectivity index (χ4v) is 4.16. The van der Waals surface area contributed by atoms with Crippen molar-refractivity contribution >= 4 is 23.3 Å². The van der Waals surface area contributed by atoms with Gasteiger partial charge >= 0.3 is 6.03 Å². The number of benzene rings is 2. The van der Waals surface area contributed by atoms with E-state index in [9.17, 15) is 4.79 Å². The highest BCUT2D eigenvalue weighted by Crippen LogP contribution is 2.37. The van der Waals surface area contributed by atoms with E-state index < -0.39 is 0 Å². The number of nitrogens with zero attached hydrogens (tertiary/aromatic N) is 2. The van der Waals surface area contributed by atoms with Crippen LogP contribution in [0.2, 0.25) is 5.02 Å². The number of para-hydroxylation sites is 1. The zero-order valence-corrected chi connectivity index (χ0v) is 17.1. The van der Waals surface area contributed by atoms with Gasteiger partial charge in [0, 0.05) is 22.6 Å². The van der Waals surface area contributed by atoms with Crippen LogP contribution in [0.5, 0.6) is 0 Å². The Morgan fingerprint density at radius 1 is 1.14 bits per heavy atom. The molecule has 1 atom stereocenters. The van der Waals surface area contributed by atoms with Crippen molar-refractivity contribution in [2.24, 2.45) is 5.92 Å². The molecule has 0 spiro atoms. The van der Waals surface area contributed by atoms with E-state index >= 15 is 0 Å². The number of nitrogens with one attached hydrogen (secondary N) is 1. The van der Waals surface area contributed by atoms with Gasteiger partial charge in [-0.1, -0.05) is 49.7 Å². The number of hydrogen-bond acceptors (Lipinski definition) is 1. The number of hydrogen-bond donors (Lipinski definition) is 1. The summed E-state index contributed by atoms with van der Waals surface area (Å²) in [4.78, 5) is 15.3. The third kappa shape index (κ3) is 3.29. The molecule has 0 radical (unpaired) electrons. The average Bonchev–Trinajstić information content (AvgIpc) is 3.08. The van der Waals surface area contributed by atoms with E-state index in [1.165, 1.54) is 0 Å². The number of aryl methyl sites for hydroxylation is 1. The molecule has 2 aromatic carbocycles. The van der Waals surface area contributed by atoms with Gasteiger partial charge in [0.2, 0.25) is 0 Å². The summed E-state index contributed by atoms with van der Waals surface area (Å²) in [5.74, 6) is 0.258. The van der Waals surface area contributed by atoms with Gasteiger partial charge in [-0.05, 0) is 54.3 Å². The SMILES string of the molecule is Cc1ccc(Cl)cc1NC(=O)N1Cc2ccccc2-n2cccc2[C@H]1C(C)C. The van der Waals surface area contributed by atoms with Crippen molar-refractivity contribution in [3.05, 3.63) is 82.6 Å². The lowest BCUT2D eigenvalue weighted by Crippen LogP contribution is -2.39. The Hall–Kier alpha value is -2.72. The summed E-state index contributed by atoms with van der Waals surface area (Å²) in [7, 11) is 0. The quantitative estimate of drug-likeness (QED) is 0.554. The summed E-state index contributed by atoms with van der Waals surface area (Å²) in [6, 6.07) is 17.8. The van der Waals surface area contributed by atoms with E-state index in [0.717, 1.165) is 28.2 Å². The molecule has 2 heterocycles. The average molecular weight is 394 g/mol. The van der Waals surface area contributed by atoms with Crippen LogP contribution in [0.15, 0.2) is 60.8 Å². The molecule has 28 heavy (non-hydrogen) atoms. The van der Waals surface area contributed by atoms with E-state index in [-0.39, 0.29) is 18.0 Å². The lowest BCUT2D eigenvalue weighted by Gasteiger charge is -2.33. The monoisotopic (exact) mass is 393 g/mol. The van der Waals surface area contributed by atoms with E-state index in [0.29, 0.717) is 11.6 Å². The molecule has 0 saturated heterocycles. The Morgan fingerprint density at radius 2 is 1.93 bits per heavy atom. The summed E-state index contributed by atoms with van der Waals surface area (Å²) in [5, 5.41) is 3.69. The number of carbonyl (C=O) groups excluding carboxylic acids is 1. The van der Waals surface area contributed by atoms with E-state index in [2.05, 4.69) is 48.1 Å². The molecule has 4 nitrogen and oxygen atoms in total. The lowest BCUT2D eigenvalue weighted by molar-refractivity contribution is 0.162. The number of rotatable bonds is 2. The predicted molar refractivity (Wildman–Crippen MR) is 114 cm³/mol. The van der Waals surface area contributed by atoms with Gasteiger partial charge in [-0.2, -0.15) is 0 Å². The van der Waals surface area contributed by atoms with Crippen LogP contribution in [0.3, 0.4) is 0 Å². The topological polar surface area (TPSA) is 37.3 Å². The second-order valence-electron chi connectivity index (χ2n) is 7.64. The van der Waals surface area contributed by atoms with E-state index in [4.69, 9.17) is 11.6 Å². The van der Waals surface area contributed by atoms with Crippen LogP contribution in [0.25, 0.3) is 5.69 Å². The van der Waals surface area contributed by atoms with Gasteiger partial charge < -0.3 is 14.8 Å². The van der Waals surface area contributed by atoms with Gasteiger partial charge in [-0.25, -0.2) is 4.79 Å². The van der Waals surface area contributed by atoms with Crippen LogP contribution >= 0.6 is 11.6 Å². The van der Waals surface area contributed by atoms with Gasteiger partial charge in [0.25, 0.3) is 0 Å². The zero-order chi connectivity index (χ0) is 19.8. The molecule has 144 valence electrons. The fourth-order valence-electron chi connectivity index (χ4n) is 3.99. The maximum atomic E-state index is 13.4. The summed E-state index contributed by atoms with van der Waals surface area (Å²) >= 11 is 6.14. The number of aromatic nitrogens is 1. The molecule has 3 aromatic rings. The van der Waals surface area contributed by atoms with Crippen LogP contribution in [-0.2, 0) is 6.54 Å². The summed E-state index contributed by atoms with van der Waals surface area (Å²) in [5.41, 5.74) is 5.10. The molecule has 2 amide bonds. The van der Waals surface area contributed by atoms with Crippen LogP contribution < -0.4 is 5.32 Å². The second-order valence-corrected chi connectivity index (χ2v) is 8.07. The smallest absolute Gasteiger partial charge is 0.318 e. The summed E-state index contributed by atoms with van der Waals surface area (Å²) in [6.45, 7) is 6.83. The van der Waals surface area contributed by atoms with Crippen molar-refractivity contribution in [2.75, 3.05) is 5.32 Å². The molecular weight excluding hydrogens is 370 g/mol. The minimum Gasteiger partial charge on any atom is -0.318 e. The zero-order valence-electron chi connectivity index (χ0n) is 16.3. The third-order valence-electron chi connectivity index (χ3n) is 5.34. The second kappa shape index (κ2) is 7.36. The predicted octanol–water partition coefficient (Wildman–Crippen LogP) is 6.18. The van der Waals surface area contributed by atoms with Gasteiger partial charge in [-0.3, -0.25) is 0 Å². The third-order valence-corrected chi connectivity index (χ3v) is 5.58. The largest absolute Gasteiger partial charge is 0.322 e. The Morgan fingerprint density at radius 3 is 2.71 bits per heavy atom. The minimum atomic E-state index is -0.117. The molecule has 1 N–H and O–H groups in total. The molecule has 1 aliphatic rings. The first-order valence-corrected chi connectivity index (χ1v) is 9.93. The van der Waals surface area contributed by atoms with Crippen molar-refractivity contribution in [2.45, 2.75) is 33.4 Å². The van der Waals surface area contributed by atoms with Crippen LogP contribution in [-0.4, -0.2) is 15.5 Å². The Kier molecular flexibility index (Phi) is 4.90.